The van der Waals surface area contributed by atoms with Crippen LogP contribution >= 0.6 is 11.3 Å². The van der Waals surface area contributed by atoms with Crippen LogP contribution < -0.4 is 0 Å². The molecule has 2 nitrogen and oxygen atoms in total. The SMILES string of the molecule is COC(=O)CCCC1(c2cccs2)C2CCCCCCCCCCCCCCCCCC21. The minimum atomic E-state index is -0.0479. The van der Waals surface area contributed by atoms with Crippen LogP contribution in [0.1, 0.15) is 133 Å². The lowest BCUT2D eigenvalue weighted by Crippen LogP contribution is -2.12. The Balaban J connectivity index is 1.60. The molecule has 2 aliphatic rings. The molecule has 0 radical (unpaired) electrons. The largest absolute Gasteiger partial charge is 0.469 e. The van der Waals surface area contributed by atoms with E-state index in [4.69, 9.17) is 4.74 Å². The van der Waals surface area contributed by atoms with E-state index < -0.39 is 0 Å². The molecule has 3 heteroatoms. The summed E-state index contributed by atoms with van der Waals surface area (Å²) >= 11 is 1.96. The van der Waals surface area contributed by atoms with Crippen LogP contribution in [0.4, 0.5) is 0 Å². The van der Waals surface area contributed by atoms with Crippen LogP contribution in [-0.2, 0) is 14.9 Å². The van der Waals surface area contributed by atoms with Gasteiger partial charge in [0, 0.05) is 16.7 Å². The van der Waals surface area contributed by atoms with E-state index in [0.29, 0.717) is 11.8 Å². The maximum Gasteiger partial charge on any atom is 0.305 e. The maximum absolute atomic E-state index is 11.8. The van der Waals surface area contributed by atoms with Gasteiger partial charge in [0.1, 0.15) is 0 Å². The van der Waals surface area contributed by atoms with Gasteiger partial charge in [-0.2, -0.15) is 0 Å². The highest BCUT2D eigenvalue weighted by molar-refractivity contribution is 7.10. The molecule has 1 aromatic rings. The van der Waals surface area contributed by atoms with E-state index in [0.717, 1.165) is 24.7 Å². The molecular weight excluding hydrogens is 412 g/mol. The number of esters is 1. The van der Waals surface area contributed by atoms with Crippen molar-refractivity contribution in [1.82, 2.24) is 0 Å². The summed E-state index contributed by atoms with van der Waals surface area (Å²) in [7, 11) is 1.52. The van der Waals surface area contributed by atoms with Gasteiger partial charge >= 0.3 is 5.97 Å². The Hall–Kier alpha value is -0.830. The lowest BCUT2D eigenvalue weighted by atomic mass is 9.90. The second-order valence-electron chi connectivity index (χ2n) is 10.5. The first-order valence-corrected chi connectivity index (χ1v) is 14.8. The molecule has 2 aliphatic carbocycles. The zero-order valence-electron chi connectivity index (χ0n) is 20.8. The van der Waals surface area contributed by atoms with Crippen LogP contribution in [-0.4, -0.2) is 13.1 Å². The fourth-order valence-electron chi connectivity index (χ4n) is 6.58. The molecule has 0 aromatic carbocycles. The molecule has 0 aliphatic heterocycles. The number of hydrogen-bond acceptors (Lipinski definition) is 3. The molecular formula is C29H48O2S. The van der Waals surface area contributed by atoms with Gasteiger partial charge in [-0.3, -0.25) is 4.79 Å². The van der Waals surface area contributed by atoms with Gasteiger partial charge in [0.15, 0.2) is 0 Å². The first-order valence-electron chi connectivity index (χ1n) is 13.9. The highest BCUT2D eigenvalue weighted by atomic mass is 32.1. The Kier molecular flexibility index (Phi) is 11.6. The van der Waals surface area contributed by atoms with Crippen LogP contribution in [0, 0.1) is 11.8 Å². The fourth-order valence-corrected chi connectivity index (χ4v) is 7.66. The van der Waals surface area contributed by atoms with Crippen molar-refractivity contribution in [3.05, 3.63) is 22.4 Å². The Morgan fingerprint density at radius 2 is 1.31 bits per heavy atom. The van der Waals surface area contributed by atoms with Crippen molar-refractivity contribution in [3.8, 4) is 0 Å². The minimum absolute atomic E-state index is 0.0479. The smallest absolute Gasteiger partial charge is 0.305 e. The highest BCUT2D eigenvalue weighted by Gasteiger charge is 2.63. The fraction of sp³-hybridized carbons (Fsp3) is 0.828. The standard InChI is InChI=1S/C29H48O2S/c1-31-28(30)22-17-23-29(27-21-18-24-32-27)25-19-15-13-11-9-7-5-3-2-4-6-8-10-12-14-16-20-26(25)29/h18,21,24-26H,2-17,19-20,22-23H2,1H3. The summed E-state index contributed by atoms with van der Waals surface area (Å²) in [6.45, 7) is 0. The number of ether oxygens (including phenoxy) is 1. The van der Waals surface area contributed by atoms with Crippen LogP contribution in [0.15, 0.2) is 17.5 Å². The predicted molar refractivity (Wildman–Crippen MR) is 137 cm³/mol. The molecule has 2 unspecified atom stereocenters. The van der Waals surface area contributed by atoms with Gasteiger partial charge in [-0.05, 0) is 49.0 Å². The average molecular weight is 461 g/mol. The lowest BCUT2D eigenvalue weighted by Gasteiger charge is -2.17. The Bertz CT molecular complexity index is 599. The monoisotopic (exact) mass is 460 g/mol. The number of rotatable bonds is 5. The van der Waals surface area contributed by atoms with E-state index in [1.165, 1.54) is 116 Å². The summed E-state index contributed by atoms with van der Waals surface area (Å²) in [5, 5.41) is 2.26. The number of fused-ring (bicyclic) bond motifs is 1. The summed E-state index contributed by atoms with van der Waals surface area (Å²) in [5.41, 5.74) is 0.350. The third-order valence-electron chi connectivity index (χ3n) is 8.41. The summed E-state index contributed by atoms with van der Waals surface area (Å²) in [4.78, 5) is 13.4. The number of carbonyl (C=O) groups is 1. The van der Waals surface area contributed by atoms with E-state index in [2.05, 4.69) is 17.5 Å². The second-order valence-corrected chi connectivity index (χ2v) is 11.5. The van der Waals surface area contributed by atoms with Crippen molar-refractivity contribution >= 4 is 17.3 Å². The maximum atomic E-state index is 11.8. The molecule has 0 saturated heterocycles. The molecule has 0 N–H and O–H groups in total. The number of thiophene rings is 1. The molecule has 2 atom stereocenters. The van der Waals surface area contributed by atoms with Crippen LogP contribution in [0.5, 0.6) is 0 Å². The first-order chi connectivity index (χ1) is 15.8. The van der Waals surface area contributed by atoms with E-state index in [9.17, 15) is 4.79 Å². The van der Waals surface area contributed by atoms with E-state index in [-0.39, 0.29) is 5.97 Å². The Morgan fingerprint density at radius 3 is 1.72 bits per heavy atom. The summed E-state index contributed by atoms with van der Waals surface area (Å²) in [6.07, 6.45) is 27.0. The average Bonchev–Trinajstić information content (AvgIpc) is 3.13. The van der Waals surface area contributed by atoms with E-state index >= 15 is 0 Å². The molecule has 2 fully saturated rings. The van der Waals surface area contributed by atoms with Crippen LogP contribution in [0.2, 0.25) is 0 Å². The van der Waals surface area contributed by atoms with Crippen molar-refractivity contribution in [2.45, 2.75) is 134 Å². The Morgan fingerprint density at radius 1 is 0.844 bits per heavy atom. The Labute approximate surface area is 201 Å². The summed E-state index contributed by atoms with van der Waals surface area (Å²) in [5.74, 6) is 1.62. The van der Waals surface area contributed by atoms with Gasteiger partial charge in [-0.15, -0.1) is 11.3 Å². The molecule has 1 heterocycles. The normalized spacial score (nSPS) is 29.2. The van der Waals surface area contributed by atoms with Crippen molar-refractivity contribution < 1.29 is 9.53 Å². The summed E-state index contributed by atoms with van der Waals surface area (Å²) in [6, 6.07) is 4.62. The zero-order valence-corrected chi connectivity index (χ0v) is 21.6. The lowest BCUT2D eigenvalue weighted by molar-refractivity contribution is -0.140. The van der Waals surface area contributed by atoms with E-state index in [1.807, 2.05) is 11.3 Å². The molecule has 3 rings (SSSR count). The third-order valence-corrected chi connectivity index (χ3v) is 9.47. The van der Waals surface area contributed by atoms with Gasteiger partial charge in [0.05, 0.1) is 7.11 Å². The molecule has 182 valence electrons. The number of carbonyl (C=O) groups excluding carboxylic acids is 1. The van der Waals surface area contributed by atoms with Gasteiger partial charge < -0.3 is 4.74 Å². The van der Waals surface area contributed by atoms with Crippen molar-refractivity contribution in [3.63, 3.8) is 0 Å². The molecule has 2 saturated carbocycles. The molecule has 32 heavy (non-hydrogen) atoms. The number of hydrogen-bond donors (Lipinski definition) is 0. The molecule has 1 aromatic heterocycles. The molecule has 0 amide bonds. The zero-order chi connectivity index (χ0) is 22.5. The van der Waals surface area contributed by atoms with Crippen LogP contribution in [0.25, 0.3) is 0 Å². The summed E-state index contributed by atoms with van der Waals surface area (Å²) < 4.78 is 4.93. The van der Waals surface area contributed by atoms with Crippen molar-refractivity contribution in [1.29, 1.82) is 0 Å². The van der Waals surface area contributed by atoms with Gasteiger partial charge in [0.25, 0.3) is 0 Å². The third kappa shape index (κ3) is 7.61. The topological polar surface area (TPSA) is 26.3 Å². The van der Waals surface area contributed by atoms with Gasteiger partial charge in [0.2, 0.25) is 0 Å². The minimum Gasteiger partial charge on any atom is -0.469 e. The van der Waals surface area contributed by atoms with Crippen molar-refractivity contribution in [2.24, 2.45) is 11.8 Å². The highest BCUT2D eigenvalue weighted by Crippen LogP contribution is 2.67. The van der Waals surface area contributed by atoms with Gasteiger partial charge in [-0.1, -0.05) is 102 Å². The molecule has 0 bridgehead atoms. The van der Waals surface area contributed by atoms with Gasteiger partial charge in [-0.25, -0.2) is 0 Å². The molecule has 0 spiro atoms. The first kappa shape index (κ1) is 25.8. The quantitative estimate of drug-likeness (QED) is 0.409. The second kappa shape index (κ2) is 14.4. The number of methoxy groups -OCH3 is 1. The van der Waals surface area contributed by atoms with Crippen LogP contribution in [0.3, 0.4) is 0 Å². The predicted octanol–water partition coefficient (Wildman–Crippen LogP) is 9.22. The van der Waals surface area contributed by atoms with Crippen molar-refractivity contribution in [2.75, 3.05) is 7.11 Å². The van der Waals surface area contributed by atoms with E-state index in [1.54, 1.807) is 4.88 Å².